The number of hydrogen-bond donors (Lipinski definition) is 1. The fourth-order valence-corrected chi connectivity index (χ4v) is 2.90. The minimum Gasteiger partial charge on any atom is -0.399 e. The molecule has 5 nitrogen and oxygen atoms in total. The van der Waals surface area contributed by atoms with Gasteiger partial charge in [-0.25, -0.2) is 41.3 Å². The molecule has 0 heterocycles. The van der Waals surface area contributed by atoms with Crippen LogP contribution in [0.5, 0.6) is 0 Å². The lowest BCUT2D eigenvalue weighted by molar-refractivity contribution is -0.349. The molecule has 0 aromatic heterocycles. The van der Waals surface area contributed by atoms with Gasteiger partial charge in [-0.15, -0.1) is 0 Å². The van der Waals surface area contributed by atoms with E-state index in [1.54, 1.807) is 0 Å². The molecule has 206 valence electrons. The smallest absolute Gasteiger partial charge is 0.399 e. The Bertz CT molecular complexity index is 1060. The van der Waals surface area contributed by atoms with E-state index < -0.39 is 89.1 Å². The van der Waals surface area contributed by atoms with Gasteiger partial charge in [0.25, 0.3) is 0 Å². The van der Waals surface area contributed by atoms with Gasteiger partial charge in [-0.05, 0) is 44.5 Å². The third-order valence-electron chi connectivity index (χ3n) is 4.66. The zero-order valence-electron chi connectivity index (χ0n) is 18.8. The van der Waals surface area contributed by atoms with Gasteiger partial charge >= 0.3 is 19.7 Å². The maximum Gasteiger partial charge on any atom is 0.694 e. The summed E-state index contributed by atoms with van der Waals surface area (Å²) in [6.07, 6.45) is -13.0. The third-order valence-corrected chi connectivity index (χ3v) is 4.66. The lowest BCUT2D eigenvalue weighted by Gasteiger charge is -2.31. The van der Waals surface area contributed by atoms with Crippen LogP contribution >= 0.6 is 0 Å². The largest absolute Gasteiger partial charge is 0.694 e. The van der Waals surface area contributed by atoms with Gasteiger partial charge in [0.05, 0.1) is 17.2 Å². The van der Waals surface area contributed by atoms with E-state index in [9.17, 15) is 53.3 Å². The van der Waals surface area contributed by atoms with Crippen molar-refractivity contribution in [3.8, 4) is 0 Å². The Morgan fingerprint density at radius 3 is 1.54 bits per heavy atom. The van der Waals surface area contributed by atoms with E-state index >= 15 is 0 Å². The van der Waals surface area contributed by atoms with E-state index in [0.717, 1.165) is 0 Å². The van der Waals surface area contributed by atoms with Crippen LogP contribution in [0.15, 0.2) is 18.2 Å². The van der Waals surface area contributed by atoms with Crippen molar-refractivity contribution in [2.45, 2.75) is 51.2 Å². The maximum absolute atomic E-state index is 14.3. The quantitative estimate of drug-likeness (QED) is 0.100. The molecule has 0 aliphatic heterocycles. The standard InChI is InChI=1S/C20H16BF11O5/c1-8(2)34-36-21(33)37-35-18(3,7-12-13(22)15(24)17(26)16(25)14(12)23)9-4-10(19(27,28)29)6-11(5-9)20(30,31)32/h4-6,8,33H,7H2,1-3H3. The van der Waals surface area contributed by atoms with Crippen molar-refractivity contribution in [2.24, 2.45) is 0 Å². The van der Waals surface area contributed by atoms with Gasteiger partial charge in [0.1, 0.15) is 5.60 Å². The zero-order chi connectivity index (χ0) is 28.5. The van der Waals surface area contributed by atoms with Crippen LogP contribution < -0.4 is 0 Å². The first-order valence-electron chi connectivity index (χ1n) is 9.93. The molecule has 2 aromatic rings. The summed E-state index contributed by atoms with van der Waals surface area (Å²) in [6.45, 7) is 3.42. The van der Waals surface area contributed by atoms with Gasteiger partial charge < -0.3 is 5.02 Å². The second-order valence-electron chi connectivity index (χ2n) is 7.98. The lowest BCUT2D eigenvalue weighted by atomic mass is 9.86. The molecule has 2 aromatic carbocycles. The second kappa shape index (κ2) is 11.1. The van der Waals surface area contributed by atoms with Crippen molar-refractivity contribution >= 4 is 7.32 Å². The predicted molar refractivity (Wildman–Crippen MR) is 101 cm³/mol. The van der Waals surface area contributed by atoms with Gasteiger partial charge in [-0.2, -0.15) is 26.3 Å². The average molecular weight is 556 g/mol. The highest BCUT2D eigenvalue weighted by molar-refractivity contribution is 6.33. The van der Waals surface area contributed by atoms with Gasteiger partial charge in [-0.1, -0.05) is 0 Å². The number of alkyl halides is 6. The first-order valence-corrected chi connectivity index (χ1v) is 9.93. The highest BCUT2D eigenvalue weighted by Crippen LogP contribution is 2.41. The van der Waals surface area contributed by atoms with E-state index in [1.807, 2.05) is 0 Å². The molecule has 17 heteroatoms. The molecular formula is C20H16BF11O5. The number of rotatable bonds is 9. The molecule has 1 N–H and O–H groups in total. The summed E-state index contributed by atoms with van der Waals surface area (Å²) in [7, 11) is -2.52. The predicted octanol–water partition coefficient (Wildman–Crippen LogP) is 6.16. The maximum atomic E-state index is 14.3. The fraction of sp³-hybridized carbons (Fsp3) is 0.400. The summed E-state index contributed by atoms with van der Waals surface area (Å²) >= 11 is 0. The molecule has 2 rings (SSSR count). The Kier molecular flexibility index (Phi) is 9.23. The molecule has 0 amide bonds. The highest BCUT2D eigenvalue weighted by atomic mass is 19.4. The summed E-state index contributed by atoms with van der Waals surface area (Å²) in [5, 5.41) is 9.60. The van der Waals surface area contributed by atoms with Crippen molar-refractivity contribution in [1.29, 1.82) is 0 Å². The van der Waals surface area contributed by atoms with Crippen LogP contribution in [-0.2, 0) is 43.8 Å². The van der Waals surface area contributed by atoms with Crippen molar-refractivity contribution in [2.75, 3.05) is 0 Å². The van der Waals surface area contributed by atoms with Crippen LogP contribution in [0.25, 0.3) is 0 Å². The van der Waals surface area contributed by atoms with Crippen LogP contribution in [0.4, 0.5) is 48.3 Å². The summed E-state index contributed by atoms with van der Waals surface area (Å²) < 4.78 is 150. The van der Waals surface area contributed by atoms with Crippen LogP contribution in [-0.4, -0.2) is 18.4 Å². The van der Waals surface area contributed by atoms with Gasteiger partial charge in [0.15, 0.2) is 23.3 Å². The molecule has 1 unspecified atom stereocenters. The van der Waals surface area contributed by atoms with E-state index in [4.69, 9.17) is 4.89 Å². The molecule has 37 heavy (non-hydrogen) atoms. The van der Waals surface area contributed by atoms with E-state index in [1.165, 1.54) is 13.8 Å². The van der Waals surface area contributed by atoms with Crippen LogP contribution in [0, 0.1) is 29.1 Å². The Morgan fingerprint density at radius 1 is 0.730 bits per heavy atom. The normalized spacial score (nSPS) is 14.3. The zero-order valence-corrected chi connectivity index (χ0v) is 18.8. The Hall–Kier alpha value is -2.47. The molecule has 0 aliphatic rings. The first kappa shape index (κ1) is 30.8. The second-order valence-corrected chi connectivity index (χ2v) is 7.98. The fourth-order valence-electron chi connectivity index (χ4n) is 2.90. The van der Waals surface area contributed by atoms with E-state index in [-0.39, 0.29) is 18.2 Å². The average Bonchev–Trinajstić information content (AvgIpc) is 2.80. The Morgan fingerprint density at radius 2 is 1.14 bits per heavy atom. The summed E-state index contributed by atoms with van der Waals surface area (Å²) in [6, 6.07) is -0.136. The molecule has 0 fully saturated rings. The van der Waals surface area contributed by atoms with E-state index in [0.29, 0.717) is 6.92 Å². The third kappa shape index (κ3) is 7.31. The van der Waals surface area contributed by atoms with Crippen LogP contribution in [0.1, 0.15) is 43.0 Å². The number of benzene rings is 2. The minimum atomic E-state index is -5.38. The van der Waals surface area contributed by atoms with Gasteiger partial charge in [0.2, 0.25) is 5.82 Å². The van der Waals surface area contributed by atoms with Crippen molar-refractivity contribution in [1.82, 2.24) is 0 Å². The monoisotopic (exact) mass is 556 g/mol. The van der Waals surface area contributed by atoms with Crippen molar-refractivity contribution in [3.63, 3.8) is 0 Å². The molecule has 0 radical (unpaired) electrons. The SMILES string of the molecule is CC(C)OOB(O)OOC(C)(Cc1c(F)c(F)c(F)c(F)c1F)c1cc(C(F)(F)F)cc(C(F)(F)F)c1. The van der Waals surface area contributed by atoms with E-state index in [2.05, 4.69) is 14.5 Å². The molecule has 0 aliphatic carbocycles. The lowest BCUT2D eigenvalue weighted by Crippen LogP contribution is -2.35. The molecular weight excluding hydrogens is 540 g/mol. The van der Waals surface area contributed by atoms with Crippen molar-refractivity contribution < 1.29 is 72.7 Å². The summed E-state index contributed by atoms with van der Waals surface area (Å²) in [5.74, 6) is -12.3. The highest BCUT2D eigenvalue weighted by Gasteiger charge is 2.42. The number of hydrogen-bond acceptors (Lipinski definition) is 5. The van der Waals surface area contributed by atoms with Crippen LogP contribution in [0.3, 0.4) is 0 Å². The van der Waals surface area contributed by atoms with Crippen LogP contribution in [0.2, 0.25) is 0 Å². The first-order chi connectivity index (χ1) is 16.8. The molecule has 0 saturated carbocycles. The summed E-state index contributed by atoms with van der Waals surface area (Å²) in [5.41, 5.74) is -9.45. The molecule has 1 atom stereocenters. The minimum absolute atomic E-state index is 0.0719. The Labute approximate surface area is 201 Å². The van der Waals surface area contributed by atoms with Crippen molar-refractivity contribution in [3.05, 3.63) is 69.5 Å². The van der Waals surface area contributed by atoms with Gasteiger partial charge in [0, 0.05) is 12.0 Å². The Balaban J connectivity index is 2.70. The molecule has 0 spiro atoms. The summed E-state index contributed by atoms with van der Waals surface area (Å²) in [4.78, 5) is 17.8. The topological polar surface area (TPSA) is 57.2 Å². The molecule has 0 saturated heterocycles. The number of halogens is 11. The van der Waals surface area contributed by atoms with Gasteiger partial charge in [-0.3, -0.25) is 0 Å². The molecule has 0 bridgehead atoms.